The molecule has 1 heterocycles. The van der Waals surface area contributed by atoms with E-state index in [4.69, 9.17) is 9.47 Å². The normalized spacial score (nSPS) is 29.5. The van der Waals surface area contributed by atoms with Gasteiger partial charge in [-0.05, 0) is 25.5 Å². The Balaban J connectivity index is 1.59. The van der Waals surface area contributed by atoms with E-state index in [9.17, 15) is 9.59 Å². The second kappa shape index (κ2) is 7.00. The molecule has 0 aromatic heterocycles. The van der Waals surface area contributed by atoms with Crippen LogP contribution in [-0.2, 0) is 14.3 Å². The molecule has 4 atom stereocenters. The van der Waals surface area contributed by atoms with Crippen molar-refractivity contribution in [3.8, 4) is 5.75 Å². The Morgan fingerprint density at radius 3 is 2.78 bits per heavy atom. The summed E-state index contributed by atoms with van der Waals surface area (Å²) >= 11 is 0. The molecule has 1 saturated carbocycles. The van der Waals surface area contributed by atoms with E-state index >= 15 is 0 Å². The summed E-state index contributed by atoms with van der Waals surface area (Å²) in [5.74, 6) is 0.552. The van der Waals surface area contributed by atoms with E-state index < -0.39 is 6.04 Å². The van der Waals surface area contributed by atoms with E-state index in [0.717, 1.165) is 12.2 Å². The van der Waals surface area contributed by atoms with Crippen molar-refractivity contribution in [2.75, 3.05) is 6.61 Å². The van der Waals surface area contributed by atoms with E-state index in [1.165, 1.54) is 0 Å². The van der Waals surface area contributed by atoms with Crippen LogP contribution < -0.4 is 15.4 Å². The Labute approximate surface area is 135 Å². The Morgan fingerprint density at radius 1 is 1.35 bits per heavy atom. The highest BCUT2D eigenvalue weighted by Crippen LogP contribution is 2.29. The zero-order chi connectivity index (χ0) is 16.2. The molecule has 124 valence electrons. The summed E-state index contributed by atoms with van der Waals surface area (Å²) in [5.41, 5.74) is 0. The van der Waals surface area contributed by atoms with E-state index in [-0.39, 0.29) is 30.1 Å². The number of benzene rings is 1. The average Bonchev–Trinajstić information content (AvgIpc) is 2.99. The molecule has 2 amide bonds. The van der Waals surface area contributed by atoms with Crippen molar-refractivity contribution >= 4 is 11.8 Å². The predicted octanol–water partition coefficient (Wildman–Crippen LogP) is 1.01. The largest absolute Gasteiger partial charge is 0.486 e. The molecular weight excluding hydrogens is 296 g/mol. The summed E-state index contributed by atoms with van der Waals surface area (Å²) in [6, 6.07) is 8.99. The molecule has 0 spiro atoms. The summed E-state index contributed by atoms with van der Waals surface area (Å²) in [4.78, 5) is 23.5. The average molecular weight is 318 g/mol. The zero-order valence-corrected chi connectivity index (χ0v) is 13.2. The first-order valence-electron chi connectivity index (χ1n) is 8.10. The third-order valence-corrected chi connectivity index (χ3v) is 4.28. The van der Waals surface area contributed by atoms with Gasteiger partial charge in [0, 0.05) is 19.4 Å². The molecule has 3 rings (SSSR count). The molecule has 2 aliphatic rings. The Hall–Kier alpha value is -2.08. The van der Waals surface area contributed by atoms with Gasteiger partial charge in [0.05, 0.1) is 12.1 Å². The lowest BCUT2D eigenvalue weighted by Crippen LogP contribution is -2.64. The summed E-state index contributed by atoms with van der Waals surface area (Å²) in [6.07, 6.45) is 1.45. The fourth-order valence-corrected chi connectivity index (χ4v) is 3.01. The minimum atomic E-state index is -0.425. The molecule has 1 aliphatic heterocycles. The van der Waals surface area contributed by atoms with Crippen molar-refractivity contribution in [1.29, 1.82) is 0 Å². The lowest BCUT2D eigenvalue weighted by atomic mass is 9.84. The SMILES string of the molecule is CCO[C@@H]1C[C@H](NC(=O)[C@H]2CCC(=O)N2)[C@@H]1Oc1ccccc1. The highest BCUT2D eigenvalue weighted by atomic mass is 16.5. The first-order valence-corrected chi connectivity index (χ1v) is 8.10. The van der Waals surface area contributed by atoms with Crippen LogP contribution in [0.25, 0.3) is 0 Å². The molecule has 6 nitrogen and oxygen atoms in total. The van der Waals surface area contributed by atoms with Gasteiger partial charge in [-0.2, -0.15) is 0 Å². The smallest absolute Gasteiger partial charge is 0.242 e. The van der Waals surface area contributed by atoms with Crippen LogP contribution in [0.2, 0.25) is 0 Å². The maximum atomic E-state index is 12.2. The quantitative estimate of drug-likeness (QED) is 0.820. The molecule has 0 radical (unpaired) electrons. The predicted molar refractivity (Wildman–Crippen MR) is 84.0 cm³/mol. The molecular formula is C17H22N2O4. The molecule has 2 N–H and O–H groups in total. The van der Waals surface area contributed by atoms with Gasteiger partial charge >= 0.3 is 0 Å². The standard InChI is InChI=1S/C17H22N2O4/c1-2-22-14-10-13(16(14)23-11-6-4-3-5-7-11)19-17(21)12-8-9-15(20)18-12/h3-7,12-14,16H,2,8-10H2,1H3,(H,18,20)(H,19,21)/t12-,13+,14-,16+/m1/s1. The third kappa shape index (κ3) is 3.64. The van der Waals surface area contributed by atoms with Crippen molar-refractivity contribution in [3.05, 3.63) is 30.3 Å². The summed E-state index contributed by atoms with van der Waals surface area (Å²) in [5, 5.41) is 5.66. The molecule has 1 aliphatic carbocycles. The third-order valence-electron chi connectivity index (χ3n) is 4.28. The summed E-state index contributed by atoms with van der Waals surface area (Å²) in [6.45, 7) is 2.55. The minimum absolute atomic E-state index is 0.0244. The first kappa shape index (κ1) is 15.8. The molecule has 1 saturated heterocycles. The second-order valence-corrected chi connectivity index (χ2v) is 5.90. The molecule has 23 heavy (non-hydrogen) atoms. The van der Waals surface area contributed by atoms with Gasteiger partial charge in [0.25, 0.3) is 0 Å². The van der Waals surface area contributed by atoms with Crippen LogP contribution in [-0.4, -0.2) is 42.7 Å². The van der Waals surface area contributed by atoms with Gasteiger partial charge in [0.1, 0.15) is 17.9 Å². The Kier molecular flexibility index (Phi) is 4.81. The number of hydrogen-bond acceptors (Lipinski definition) is 4. The van der Waals surface area contributed by atoms with Crippen LogP contribution in [0.4, 0.5) is 0 Å². The lowest BCUT2D eigenvalue weighted by molar-refractivity contribution is -0.134. The number of nitrogens with one attached hydrogen (secondary N) is 2. The number of ether oxygens (including phenoxy) is 2. The fourth-order valence-electron chi connectivity index (χ4n) is 3.01. The number of para-hydroxylation sites is 1. The molecule has 1 aromatic carbocycles. The molecule has 0 bridgehead atoms. The Morgan fingerprint density at radius 2 is 2.13 bits per heavy atom. The monoisotopic (exact) mass is 318 g/mol. The summed E-state index contributed by atoms with van der Waals surface area (Å²) < 4.78 is 11.7. The van der Waals surface area contributed by atoms with Crippen LogP contribution in [0.15, 0.2) is 30.3 Å². The van der Waals surface area contributed by atoms with Crippen LogP contribution >= 0.6 is 0 Å². The van der Waals surface area contributed by atoms with Crippen LogP contribution in [0.5, 0.6) is 5.75 Å². The van der Waals surface area contributed by atoms with Gasteiger partial charge in [-0.15, -0.1) is 0 Å². The van der Waals surface area contributed by atoms with Gasteiger partial charge in [-0.1, -0.05) is 18.2 Å². The highest BCUT2D eigenvalue weighted by Gasteiger charge is 2.45. The van der Waals surface area contributed by atoms with E-state index in [1.807, 2.05) is 37.3 Å². The molecule has 0 unspecified atom stereocenters. The van der Waals surface area contributed by atoms with Gasteiger partial charge in [-0.3, -0.25) is 9.59 Å². The van der Waals surface area contributed by atoms with E-state index in [0.29, 0.717) is 19.4 Å². The number of rotatable bonds is 6. The topological polar surface area (TPSA) is 76.7 Å². The van der Waals surface area contributed by atoms with Crippen molar-refractivity contribution in [3.63, 3.8) is 0 Å². The molecule has 1 aromatic rings. The van der Waals surface area contributed by atoms with Gasteiger partial charge in [0.15, 0.2) is 0 Å². The number of carbonyl (C=O) groups is 2. The first-order chi connectivity index (χ1) is 11.2. The summed E-state index contributed by atoms with van der Waals surface area (Å²) in [7, 11) is 0. The van der Waals surface area contributed by atoms with Gasteiger partial charge in [0.2, 0.25) is 11.8 Å². The second-order valence-electron chi connectivity index (χ2n) is 5.90. The number of hydrogen-bond donors (Lipinski definition) is 2. The van der Waals surface area contributed by atoms with Crippen LogP contribution in [0, 0.1) is 0 Å². The lowest BCUT2D eigenvalue weighted by Gasteiger charge is -2.44. The number of amides is 2. The zero-order valence-electron chi connectivity index (χ0n) is 13.2. The fraction of sp³-hybridized carbons (Fsp3) is 0.529. The maximum Gasteiger partial charge on any atom is 0.242 e. The van der Waals surface area contributed by atoms with Gasteiger partial charge in [-0.25, -0.2) is 0 Å². The minimum Gasteiger partial charge on any atom is -0.486 e. The van der Waals surface area contributed by atoms with Crippen molar-refractivity contribution in [2.45, 2.75) is 50.5 Å². The maximum absolute atomic E-state index is 12.2. The van der Waals surface area contributed by atoms with Crippen molar-refractivity contribution < 1.29 is 19.1 Å². The molecule has 6 heteroatoms. The van der Waals surface area contributed by atoms with E-state index in [1.54, 1.807) is 0 Å². The molecule has 2 fully saturated rings. The van der Waals surface area contributed by atoms with Crippen LogP contribution in [0.1, 0.15) is 26.2 Å². The van der Waals surface area contributed by atoms with Crippen molar-refractivity contribution in [2.24, 2.45) is 0 Å². The van der Waals surface area contributed by atoms with Crippen molar-refractivity contribution in [1.82, 2.24) is 10.6 Å². The van der Waals surface area contributed by atoms with E-state index in [2.05, 4.69) is 10.6 Å². The number of carbonyl (C=O) groups excluding carboxylic acids is 2. The van der Waals surface area contributed by atoms with Crippen LogP contribution in [0.3, 0.4) is 0 Å². The Bertz CT molecular complexity index is 563. The van der Waals surface area contributed by atoms with Gasteiger partial charge < -0.3 is 20.1 Å². The highest BCUT2D eigenvalue weighted by molar-refractivity contribution is 5.91.